The molecule has 1 aliphatic rings. The molecule has 2 rings (SSSR count). The molecule has 1 fully saturated rings. The Labute approximate surface area is 136 Å². The van der Waals surface area contributed by atoms with Gasteiger partial charge < -0.3 is 9.80 Å². The number of hydrogen-bond donors (Lipinski definition) is 0. The first-order valence-electron chi connectivity index (χ1n) is 7.88. The summed E-state index contributed by atoms with van der Waals surface area (Å²) in [6, 6.07) is 1.53. The van der Waals surface area contributed by atoms with Crippen LogP contribution in [0.15, 0.2) is 15.7 Å². The topological polar surface area (TPSA) is 67.5 Å². The minimum absolute atomic E-state index is 0.153. The molecule has 0 spiro atoms. The van der Waals surface area contributed by atoms with Crippen LogP contribution in [0, 0.1) is 11.8 Å². The van der Waals surface area contributed by atoms with E-state index >= 15 is 0 Å². The molecule has 1 aliphatic heterocycles. The predicted octanol–water partition coefficient (Wildman–Crippen LogP) is -0.258. The van der Waals surface area contributed by atoms with E-state index in [1.165, 1.54) is 24.7 Å². The maximum Gasteiger partial charge on any atom is 0.331 e. The Balaban J connectivity index is 2.36. The first-order chi connectivity index (χ1) is 10.6. The Bertz CT molecular complexity index is 701. The maximum absolute atomic E-state index is 12.8. The molecule has 0 aliphatic carbocycles. The lowest BCUT2D eigenvalue weighted by atomic mass is 9.91. The second kappa shape index (κ2) is 6.31. The van der Waals surface area contributed by atoms with Crippen molar-refractivity contribution in [3.63, 3.8) is 0 Å². The number of nitrogens with zero attached hydrogens (tertiary/aromatic N) is 4. The highest BCUT2D eigenvalue weighted by Crippen LogP contribution is 2.27. The van der Waals surface area contributed by atoms with Crippen molar-refractivity contribution in [2.75, 3.05) is 27.2 Å². The second-order valence-electron chi connectivity index (χ2n) is 6.92. The SMILES string of the molecule is CC(C)C1CN(C(=O)c2cc(=O)n(C)c(=O)n2C)CC1N(C)C. The summed E-state index contributed by atoms with van der Waals surface area (Å²) in [7, 11) is 6.96. The number of hydrogen-bond acceptors (Lipinski definition) is 4. The Hall–Kier alpha value is -1.89. The molecule has 2 unspecified atom stereocenters. The fraction of sp³-hybridized carbons (Fsp3) is 0.688. The Morgan fingerprint density at radius 3 is 2.26 bits per heavy atom. The Kier molecular flexibility index (Phi) is 4.79. The van der Waals surface area contributed by atoms with Gasteiger partial charge in [-0.25, -0.2) is 4.79 Å². The van der Waals surface area contributed by atoms with Gasteiger partial charge in [0.25, 0.3) is 11.5 Å². The van der Waals surface area contributed by atoms with Gasteiger partial charge in [-0.05, 0) is 25.9 Å². The van der Waals surface area contributed by atoms with Crippen LogP contribution < -0.4 is 11.2 Å². The number of likely N-dealkylation sites (tertiary alicyclic amines) is 1. The van der Waals surface area contributed by atoms with Crippen LogP contribution in [0.3, 0.4) is 0 Å². The van der Waals surface area contributed by atoms with E-state index in [2.05, 4.69) is 18.7 Å². The third kappa shape index (κ3) is 3.10. The normalized spacial score (nSPS) is 21.5. The van der Waals surface area contributed by atoms with Crippen LogP contribution in [0.25, 0.3) is 0 Å². The molecule has 7 nitrogen and oxygen atoms in total. The van der Waals surface area contributed by atoms with E-state index < -0.39 is 11.2 Å². The fourth-order valence-corrected chi connectivity index (χ4v) is 3.28. The van der Waals surface area contributed by atoms with Crippen LogP contribution in [0.5, 0.6) is 0 Å². The highest BCUT2D eigenvalue weighted by atomic mass is 16.2. The average molecular weight is 322 g/mol. The summed E-state index contributed by atoms with van der Waals surface area (Å²) < 4.78 is 2.25. The number of aromatic nitrogens is 2. The van der Waals surface area contributed by atoms with Crippen molar-refractivity contribution in [1.29, 1.82) is 0 Å². The monoisotopic (exact) mass is 322 g/mol. The summed E-state index contributed by atoms with van der Waals surface area (Å²) in [5.41, 5.74) is -0.787. The van der Waals surface area contributed by atoms with E-state index in [9.17, 15) is 14.4 Å². The van der Waals surface area contributed by atoms with Crippen molar-refractivity contribution in [2.45, 2.75) is 19.9 Å². The molecule has 0 radical (unpaired) electrons. The van der Waals surface area contributed by atoms with Gasteiger partial charge in [0.1, 0.15) is 5.69 Å². The third-order valence-electron chi connectivity index (χ3n) is 4.88. The van der Waals surface area contributed by atoms with Gasteiger partial charge in [-0.1, -0.05) is 13.8 Å². The molecule has 1 aromatic rings. The average Bonchev–Trinajstić information content (AvgIpc) is 2.94. The number of amides is 1. The first kappa shape index (κ1) is 17.5. The van der Waals surface area contributed by atoms with Gasteiger partial charge in [0.05, 0.1) is 0 Å². The van der Waals surface area contributed by atoms with Gasteiger partial charge in [-0.15, -0.1) is 0 Å². The zero-order valence-corrected chi connectivity index (χ0v) is 14.7. The molecule has 0 saturated carbocycles. The molecular weight excluding hydrogens is 296 g/mol. The third-order valence-corrected chi connectivity index (χ3v) is 4.88. The standard InChI is InChI=1S/C16H26N4O3/c1-10(2)11-8-20(9-13(11)17(3)4)15(22)12-7-14(21)19(6)16(23)18(12)5/h7,10-11,13H,8-9H2,1-6H3. The molecular formula is C16H26N4O3. The van der Waals surface area contributed by atoms with Gasteiger partial charge in [0.15, 0.2) is 0 Å². The van der Waals surface area contributed by atoms with Crippen LogP contribution in [0.1, 0.15) is 24.3 Å². The van der Waals surface area contributed by atoms with E-state index in [1.54, 1.807) is 4.90 Å². The summed E-state index contributed by atoms with van der Waals surface area (Å²) in [4.78, 5) is 40.6. The van der Waals surface area contributed by atoms with E-state index in [0.29, 0.717) is 24.9 Å². The first-order valence-corrected chi connectivity index (χ1v) is 7.88. The summed E-state index contributed by atoms with van der Waals surface area (Å²) in [5.74, 6) is 0.572. The number of carbonyl (C=O) groups excluding carboxylic acids is 1. The van der Waals surface area contributed by atoms with Crippen molar-refractivity contribution in [3.05, 3.63) is 32.6 Å². The van der Waals surface area contributed by atoms with Crippen LogP contribution in [-0.2, 0) is 14.1 Å². The minimum atomic E-state index is -0.482. The number of likely N-dealkylation sites (N-methyl/N-ethyl adjacent to an activating group) is 1. The maximum atomic E-state index is 12.8. The van der Waals surface area contributed by atoms with Crippen molar-refractivity contribution >= 4 is 5.91 Å². The van der Waals surface area contributed by atoms with Gasteiger partial charge in [0.2, 0.25) is 0 Å². The largest absolute Gasteiger partial charge is 0.335 e. The molecule has 1 saturated heterocycles. The highest BCUT2D eigenvalue weighted by molar-refractivity contribution is 5.92. The molecule has 23 heavy (non-hydrogen) atoms. The van der Waals surface area contributed by atoms with Crippen LogP contribution >= 0.6 is 0 Å². The van der Waals surface area contributed by atoms with E-state index in [1.807, 2.05) is 14.1 Å². The lowest BCUT2D eigenvalue weighted by molar-refractivity contribution is 0.0768. The van der Waals surface area contributed by atoms with Gasteiger partial charge in [0, 0.05) is 39.3 Å². The van der Waals surface area contributed by atoms with Crippen molar-refractivity contribution in [1.82, 2.24) is 18.9 Å². The Morgan fingerprint density at radius 2 is 1.78 bits per heavy atom. The van der Waals surface area contributed by atoms with Crippen molar-refractivity contribution in [2.24, 2.45) is 25.9 Å². The van der Waals surface area contributed by atoms with E-state index in [0.717, 1.165) is 4.57 Å². The molecule has 7 heteroatoms. The summed E-state index contributed by atoms with van der Waals surface area (Å²) in [5, 5.41) is 0. The summed E-state index contributed by atoms with van der Waals surface area (Å²) in [6.07, 6.45) is 0. The molecule has 0 bridgehead atoms. The minimum Gasteiger partial charge on any atom is -0.335 e. The molecule has 2 heterocycles. The molecule has 1 amide bonds. The summed E-state index contributed by atoms with van der Waals surface area (Å²) in [6.45, 7) is 5.56. The highest BCUT2D eigenvalue weighted by Gasteiger charge is 2.38. The lowest BCUT2D eigenvalue weighted by Gasteiger charge is -2.27. The van der Waals surface area contributed by atoms with Crippen LogP contribution in [0.4, 0.5) is 0 Å². The van der Waals surface area contributed by atoms with Crippen LogP contribution in [-0.4, -0.2) is 58.1 Å². The molecule has 0 aromatic carbocycles. The van der Waals surface area contributed by atoms with Gasteiger partial charge in [-0.3, -0.25) is 18.7 Å². The van der Waals surface area contributed by atoms with Gasteiger partial charge >= 0.3 is 5.69 Å². The van der Waals surface area contributed by atoms with Gasteiger partial charge in [-0.2, -0.15) is 0 Å². The smallest absolute Gasteiger partial charge is 0.331 e. The van der Waals surface area contributed by atoms with E-state index in [-0.39, 0.29) is 17.6 Å². The molecule has 128 valence electrons. The molecule has 1 aromatic heterocycles. The van der Waals surface area contributed by atoms with Crippen LogP contribution in [0.2, 0.25) is 0 Å². The zero-order chi connectivity index (χ0) is 17.5. The second-order valence-corrected chi connectivity index (χ2v) is 6.92. The van der Waals surface area contributed by atoms with E-state index in [4.69, 9.17) is 0 Å². The zero-order valence-electron chi connectivity index (χ0n) is 14.7. The predicted molar refractivity (Wildman–Crippen MR) is 88.6 cm³/mol. The number of rotatable bonds is 3. The van der Waals surface area contributed by atoms with Crippen molar-refractivity contribution < 1.29 is 4.79 Å². The molecule has 2 atom stereocenters. The lowest BCUT2D eigenvalue weighted by Crippen LogP contribution is -2.42. The quantitative estimate of drug-likeness (QED) is 0.769. The van der Waals surface area contributed by atoms with Crippen molar-refractivity contribution in [3.8, 4) is 0 Å². The Morgan fingerprint density at radius 1 is 1.17 bits per heavy atom. The number of carbonyl (C=O) groups is 1. The molecule has 0 N–H and O–H groups in total. The summed E-state index contributed by atoms with van der Waals surface area (Å²) >= 11 is 0. The fourth-order valence-electron chi connectivity index (χ4n) is 3.28.